The molecule has 0 saturated heterocycles. The van der Waals surface area contributed by atoms with Crippen LogP contribution in [0.25, 0.3) is 0 Å². The normalized spacial score (nSPS) is 12.7. The summed E-state index contributed by atoms with van der Waals surface area (Å²) in [6.07, 6.45) is 1.89. The van der Waals surface area contributed by atoms with Gasteiger partial charge in [0.1, 0.15) is 0 Å². The van der Waals surface area contributed by atoms with Crippen molar-refractivity contribution < 1.29 is 5.11 Å². The van der Waals surface area contributed by atoms with Crippen LogP contribution in [0.1, 0.15) is 32.8 Å². The standard InChI is InChI=1S/C16H28N2O/c1-4-9-14-10-7-8-11-16(14)17-12-15(19)13-18(5-2)6-3/h7-8,10-11,15,17,19H,4-6,9,12-13H2,1-3H3. The minimum absolute atomic E-state index is 0.324. The number of aliphatic hydroxyl groups excluding tert-OH is 1. The monoisotopic (exact) mass is 264 g/mol. The van der Waals surface area contributed by atoms with Crippen molar-refractivity contribution in [3.8, 4) is 0 Å². The number of hydrogen-bond donors (Lipinski definition) is 2. The molecule has 19 heavy (non-hydrogen) atoms. The summed E-state index contributed by atoms with van der Waals surface area (Å²) < 4.78 is 0. The maximum Gasteiger partial charge on any atom is 0.0839 e. The van der Waals surface area contributed by atoms with Gasteiger partial charge in [-0.2, -0.15) is 0 Å². The van der Waals surface area contributed by atoms with Crippen molar-refractivity contribution in [1.82, 2.24) is 4.90 Å². The lowest BCUT2D eigenvalue weighted by atomic mass is 10.1. The second kappa shape index (κ2) is 8.94. The second-order valence-corrected chi connectivity index (χ2v) is 4.93. The van der Waals surface area contributed by atoms with Gasteiger partial charge < -0.3 is 15.3 Å². The fraction of sp³-hybridized carbons (Fsp3) is 0.625. The summed E-state index contributed by atoms with van der Waals surface area (Å²) in [7, 11) is 0. The molecular formula is C16H28N2O. The van der Waals surface area contributed by atoms with E-state index in [9.17, 15) is 5.11 Å². The van der Waals surface area contributed by atoms with Crippen LogP contribution in [0.3, 0.4) is 0 Å². The van der Waals surface area contributed by atoms with Gasteiger partial charge in [-0.1, -0.05) is 45.4 Å². The highest BCUT2D eigenvalue weighted by molar-refractivity contribution is 5.51. The van der Waals surface area contributed by atoms with Crippen LogP contribution >= 0.6 is 0 Å². The zero-order chi connectivity index (χ0) is 14.1. The molecule has 1 rings (SSSR count). The summed E-state index contributed by atoms with van der Waals surface area (Å²) in [6.45, 7) is 9.75. The Balaban J connectivity index is 2.47. The smallest absolute Gasteiger partial charge is 0.0839 e. The van der Waals surface area contributed by atoms with Crippen molar-refractivity contribution in [2.45, 2.75) is 39.7 Å². The van der Waals surface area contributed by atoms with Crippen LogP contribution in [-0.4, -0.2) is 42.3 Å². The van der Waals surface area contributed by atoms with Gasteiger partial charge in [0, 0.05) is 18.8 Å². The van der Waals surface area contributed by atoms with Gasteiger partial charge >= 0.3 is 0 Å². The molecule has 0 amide bonds. The molecule has 0 aliphatic carbocycles. The summed E-state index contributed by atoms with van der Waals surface area (Å²) in [5.74, 6) is 0. The maximum absolute atomic E-state index is 10.1. The highest BCUT2D eigenvalue weighted by Crippen LogP contribution is 2.16. The largest absolute Gasteiger partial charge is 0.390 e. The number of para-hydroxylation sites is 1. The number of rotatable bonds is 9. The van der Waals surface area contributed by atoms with Crippen molar-refractivity contribution >= 4 is 5.69 Å². The fourth-order valence-corrected chi connectivity index (χ4v) is 2.25. The molecule has 0 heterocycles. The second-order valence-electron chi connectivity index (χ2n) is 4.93. The molecule has 3 heteroatoms. The van der Waals surface area contributed by atoms with E-state index in [0.29, 0.717) is 6.54 Å². The highest BCUT2D eigenvalue weighted by atomic mass is 16.3. The van der Waals surface area contributed by atoms with Crippen molar-refractivity contribution in [3.63, 3.8) is 0 Å². The summed E-state index contributed by atoms with van der Waals surface area (Å²) in [6, 6.07) is 8.36. The Bertz CT molecular complexity index is 350. The molecule has 2 N–H and O–H groups in total. The van der Waals surface area contributed by atoms with Crippen LogP contribution in [0.15, 0.2) is 24.3 Å². The minimum Gasteiger partial charge on any atom is -0.390 e. The van der Waals surface area contributed by atoms with Crippen LogP contribution in [0.2, 0.25) is 0 Å². The van der Waals surface area contributed by atoms with Gasteiger partial charge in [-0.15, -0.1) is 0 Å². The Hall–Kier alpha value is -1.06. The maximum atomic E-state index is 10.1. The fourth-order valence-electron chi connectivity index (χ4n) is 2.25. The zero-order valence-corrected chi connectivity index (χ0v) is 12.5. The van der Waals surface area contributed by atoms with E-state index in [-0.39, 0.29) is 6.10 Å². The number of hydrogen-bond acceptors (Lipinski definition) is 3. The van der Waals surface area contributed by atoms with E-state index in [4.69, 9.17) is 0 Å². The first-order valence-corrected chi connectivity index (χ1v) is 7.43. The number of benzene rings is 1. The molecule has 0 fully saturated rings. The number of aliphatic hydroxyl groups is 1. The Morgan fingerprint density at radius 3 is 2.47 bits per heavy atom. The molecule has 0 saturated carbocycles. The number of nitrogens with zero attached hydrogens (tertiary/aromatic N) is 1. The van der Waals surface area contributed by atoms with Gasteiger partial charge in [0.2, 0.25) is 0 Å². The van der Waals surface area contributed by atoms with Gasteiger partial charge in [-0.3, -0.25) is 0 Å². The number of anilines is 1. The topological polar surface area (TPSA) is 35.5 Å². The molecule has 0 aliphatic heterocycles. The molecule has 1 unspecified atom stereocenters. The van der Waals surface area contributed by atoms with Gasteiger partial charge in [0.15, 0.2) is 0 Å². The zero-order valence-electron chi connectivity index (χ0n) is 12.5. The first-order chi connectivity index (χ1) is 9.21. The molecule has 3 nitrogen and oxygen atoms in total. The first-order valence-electron chi connectivity index (χ1n) is 7.43. The molecule has 0 aromatic heterocycles. The van der Waals surface area contributed by atoms with Crippen molar-refractivity contribution in [1.29, 1.82) is 0 Å². The summed E-state index contributed by atoms with van der Waals surface area (Å²) in [4.78, 5) is 2.24. The molecule has 1 aromatic rings. The lowest BCUT2D eigenvalue weighted by Gasteiger charge is -2.22. The van der Waals surface area contributed by atoms with Crippen molar-refractivity contribution in [2.75, 3.05) is 31.5 Å². The lowest BCUT2D eigenvalue weighted by molar-refractivity contribution is 0.128. The van der Waals surface area contributed by atoms with Crippen LogP contribution in [0.4, 0.5) is 5.69 Å². The third-order valence-electron chi connectivity index (χ3n) is 3.43. The van der Waals surface area contributed by atoms with Crippen LogP contribution in [0, 0.1) is 0 Å². The van der Waals surface area contributed by atoms with E-state index < -0.39 is 0 Å². The molecule has 108 valence electrons. The number of nitrogens with one attached hydrogen (secondary N) is 1. The summed E-state index contributed by atoms with van der Waals surface area (Å²) >= 11 is 0. The van der Waals surface area contributed by atoms with E-state index in [2.05, 4.69) is 49.2 Å². The summed E-state index contributed by atoms with van der Waals surface area (Å²) in [5, 5.41) is 13.4. The van der Waals surface area contributed by atoms with E-state index in [1.54, 1.807) is 0 Å². The van der Waals surface area contributed by atoms with Crippen LogP contribution in [0.5, 0.6) is 0 Å². The minimum atomic E-state index is -0.324. The first kappa shape index (κ1) is 16.0. The lowest BCUT2D eigenvalue weighted by Crippen LogP contribution is -2.36. The molecule has 1 aromatic carbocycles. The predicted octanol–water partition coefficient (Wildman–Crippen LogP) is 2.75. The van der Waals surface area contributed by atoms with Gasteiger partial charge in [0.05, 0.1) is 6.10 Å². The number of aryl methyl sites for hydroxylation is 1. The molecule has 1 atom stereocenters. The van der Waals surface area contributed by atoms with E-state index in [0.717, 1.165) is 38.2 Å². The van der Waals surface area contributed by atoms with Gasteiger partial charge in [-0.05, 0) is 31.1 Å². The quantitative estimate of drug-likeness (QED) is 0.720. The average Bonchev–Trinajstić information content (AvgIpc) is 2.44. The average molecular weight is 264 g/mol. The Labute approximate surface area is 117 Å². The number of likely N-dealkylation sites (N-methyl/N-ethyl adjacent to an activating group) is 1. The molecule has 0 bridgehead atoms. The summed E-state index contributed by atoms with van der Waals surface area (Å²) in [5.41, 5.74) is 2.49. The SMILES string of the molecule is CCCc1ccccc1NCC(O)CN(CC)CC. The molecular weight excluding hydrogens is 236 g/mol. The Morgan fingerprint density at radius 1 is 1.16 bits per heavy atom. The molecule has 0 spiro atoms. The molecule has 0 radical (unpaired) electrons. The highest BCUT2D eigenvalue weighted by Gasteiger charge is 2.09. The van der Waals surface area contributed by atoms with E-state index in [1.165, 1.54) is 5.56 Å². The predicted molar refractivity (Wildman–Crippen MR) is 82.7 cm³/mol. The third kappa shape index (κ3) is 5.62. The molecule has 0 aliphatic rings. The Kier molecular flexibility index (Phi) is 7.53. The van der Waals surface area contributed by atoms with Crippen molar-refractivity contribution in [3.05, 3.63) is 29.8 Å². The van der Waals surface area contributed by atoms with Gasteiger partial charge in [0.25, 0.3) is 0 Å². The van der Waals surface area contributed by atoms with Crippen molar-refractivity contribution in [2.24, 2.45) is 0 Å². The van der Waals surface area contributed by atoms with Crippen LogP contribution < -0.4 is 5.32 Å². The van der Waals surface area contributed by atoms with E-state index >= 15 is 0 Å². The van der Waals surface area contributed by atoms with E-state index in [1.807, 2.05) is 6.07 Å². The Morgan fingerprint density at radius 2 is 1.84 bits per heavy atom. The van der Waals surface area contributed by atoms with Crippen LogP contribution in [-0.2, 0) is 6.42 Å². The third-order valence-corrected chi connectivity index (χ3v) is 3.43. The van der Waals surface area contributed by atoms with Gasteiger partial charge in [-0.25, -0.2) is 0 Å².